The van der Waals surface area contributed by atoms with E-state index in [2.05, 4.69) is 55.7 Å². The number of aromatic nitrogens is 4. The molecule has 49 heavy (non-hydrogen) atoms. The van der Waals surface area contributed by atoms with Gasteiger partial charge >= 0.3 is 0 Å². The summed E-state index contributed by atoms with van der Waals surface area (Å²) in [5.74, 6) is 1.20. The van der Waals surface area contributed by atoms with Crippen LogP contribution in [-0.2, 0) is 6.54 Å². The molecule has 0 amide bonds. The number of anilines is 2. The summed E-state index contributed by atoms with van der Waals surface area (Å²) in [5, 5.41) is 10.2. The summed E-state index contributed by atoms with van der Waals surface area (Å²) in [5.41, 5.74) is 14.6. The molecule has 0 aliphatic carbocycles. The number of phenols is 1. The van der Waals surface area contributed by atoms with Gasteiger partial charge in [0.25, 0.3) is 0 Å². The van der Waals surface area contributed by atoms with Gasteiger partial charge in [-0.3, -0.25) is 14.3 Å². The molecular formula is C40H39N7O2. The van der Waals surface area contributed by atoms with Crippen LogP contribution in [0.15, 0.2) is 103 Å². The first-order valence-electron chi connectivity index (χ1n) is 17.0. The van der Waals surface area contributed by atoms with Crippen molar-refractivity contribution in [1.82, 2.24) is 24.4 Å². The minimum atomic E-state index is 0.0556. The van der Waals surface area contributed by atoms with Crippen LogP contribution in [0.2, 0.25) is 0 Å². The molecule has 2 saturated heterocycles. The van der Waals surface area contributed by atoms with Gasteiger partial charge in [0.2, 0.25) is 0 Å². The van der Waals surface area contributed by atoms with Gasteiger partial charge in [0.05, 0.1) is 16.8 Å². The summed E-state index contributed by atoms with van der Waals surface area (Å²) in [6.07, 6.45) is 7.08. The lowest BCUT2D eigenvalue weighted by molar-refractivity contribution is 0.0758. The maximum Gasteiger partial charge on any atom is 0.165 e. The van der Waals surface area contributed by atoms with Crippen LogP contribution in [0.1, 0.15) is 41.6 Å². The molecule has 246 valence electrons. The number of fused-ring (bicyclic) bond motifs is 1. The number of phenolic OH excluding ortho intramolecular Hbond substituents is 1. The predicted molar refractivity (Wildman–Crippen MR) is 194 cm³/mol. The number of nitrogen functional groups attached to an aromatic ring is 1. The highest BCUT2D eigenvalue weighted by molar-refractivity contribution is 5.84. The van der Waals surface area contributed by atoms with Crippen molar-refractivity contribution in [1.29, 1.82) is 0 Å². The maximum absolute atomic E-state index is 11.1. The van der Waals surface area contributed by atoms with Gasteiger partial charge in [-0.1, -0.05) is 42.5 Å². The zero-order valence-electron chi connectivity index (χ0n) is 27.4. The summed E-state index contributed by atoms with van der Waals surface area (Å²) in [7, 11) is 0. The van der Waals surface area contributed by atoms with Crippen molar-refractivity contribution in [2.45, 2.75) is 32.2 Å². The lowest BCUT2D eigenvalue weighted by Gasteiger charge is -2.47. The zero-order valence-corrected chi connectivity index (χ0v) is 27.4. The summed E-state index contributed by atoms with van der Waals surface area (Å²) in [4.78, 5) is 30.4. The minimum absolute atomic E-state index is 0.0556. The molecule has 3 aromatic heterocycles. The Morgan fingerprint density at radius 3 is 2.24 bits per heavy atom. The van der Waals surface area contributed by atoms with E-state index < -0.39 is 0 Å². The van der Waals surface area contributed by atoms with E-state index in [9.17, 15) is 9.90 Å². The summed E-state index contributed by atoms with van der Waals surface area (Å²) >= 11 is 0. The first-order valence-corrected chi connectivity index (χ1v) is 17.0. The Morgan fingerprint density at radius 2 is 1.53 bits per heavy atom. The van der Waals surface area contributed by atoms with E-state index in [1.807, 2.05) is 48.5 Å². The van der Waals surface area contributed by atoms with E-state index in [1.165, 1.54) is 18.4 Å². The average molecular weight is 650 g/mol. The monoisotopic (exact) mass is 649 g/mol. The number of hydrogen-bond acceptors (Lipinski definition) is 8. The first-order chi connectivity index (χ1) is 24.0. The van der Waals surface area contributed by atoms with E-state index in [0.29, 0.717) is 28.9 Å². The molecule has 1 spiro atoms. The molecular weight excluding hydrogens is 610 g/mol. The Balaban J connectivity index is 0.980. The molecule has 9 nitrogen and oxygen atoms in total. The van der Waals surface area contributed by atoms with Gasteiger partial charge in [-0.05, 0) is 98.3 Å². The molecule has 0 unspecified atom stereocenters. The number of hydrogen-bond donors (Lipinski definition) is 2. The number of nitrogens with two attached hydrogens (primary N) is 1. The fourth-order valence-corrected chi connectivity index (χ4v) is 7.52. The molecule has 0 radical (unpaired) electrons. The van der Waals surface area contributed by atoms with Gasteiger partial charge in [-0.25, -0.2) is 15.0 Å². The Morgan fingerprint density at radius 1 is 0.796 bits per heavy atom. The number of piperidine rings is 2. The fraction of sp³-hybridized carbons (Fsp3) is 0.250. The van der Waals surface area contributed by atoms with Crippen LogP contribution in [0.4, 0.5) is 11.5 Å². The third-order valence-corrected chi connectivity index (χ3v) is 10.5. The van der Waals surface area contributed by atoms with Crippen LogP contribution in [0.5, 0.6) is 5.75 Å². The number of rotatable bonds is 7. The molecule has 0 bridgehead atoms. The van der Waals surface area contributed by atoms with Crippen LogP contribution in [0.25, 0.3) is 39.5 Å². The number of imidazole rings is 1. The second-order valence-corrected chi connectivity index (χ2v) is 13.4. The van der Waals surface area contributed by atoms with Crippen molar-refractivity contribution in [3.8, 4) is 34.1 Å². The van der Waals surface area contributed by atoms with Gasteiger partial charge in [0.15, 0.2) is 17.8 Å². The Hall–Kier alpha value is -5.54. The van der Waals surface area contributed by atoms with E-state index in [1.54, 1.807) is 18.3 Å². The minimum Gasteiger partial charge on any atom is -0.507 e. The number of carbonyl (C=O) groups is 1. The number of benzene rings is 3. The highest BCUT2D eigenvalue weighted by Gasteiger charge is 2.37. The van der Waals surface area contributed by atoms with E-state index in [4.69, 9.17) is 15.7 Å². The molecule has 0 saturated carbocycles. The lowest BCUT2D eigenvalue weighted by atomic mass is 9.71. The van der Waals surface area contributed by atoms with Gasteiger partial charge in [-0.15, -0.1) is 0 Å². The topological polar surface area (TPSA) is 113 Å². The first kappa shape index (κ1) is 30.8. The van der Waals surface area contributed by atoms with Crippen LogP contribution in [-0.4, -0.2) is 62.0 Å². The van der Waals surface area contributed by atoms with Crippen LogP contribution in [0, 0.1) is 5.41 Å². The lowest BCUT2D eigenvalue weighted by Crippen LogP contribution is -2.46. The molecule has 9 heteroatoms. The summed E-state index contributed by atoms with van der Waals surface area (Å²) in [6, 6.07) is 32.2. The number of nitrogens with zero attached hydrogens (tertiary/aromatic N) is 6. The van der Waals surface area contributed by atoms with Crippen molar-refractivity contribution >= 4 is 29.0 Å². The summed E-state index contributed by atoms with van der Waals surface area (Å²) < 4.78 is 2.09. The molecule has 8 rings (SSSR count). The van der Waals surface area contributed by atoms with Crippen LogP contribution in [0.3, 0.4) is 0 Å². The number of aromatic hydroxyl groups is 1. The fourth-order valence-electron chi connectivity index (χ4n) is 7.52. The number of carbonyl (C=O) groups excluding carboxylic acids is 1. The zero-order chi connectivity index (χ0) is 33.4. The normalized spacial score (nSPS) is 16.3. The highest BCUT2D eigenvalue weighted by atomic mass is 16.3. The predicted octanol–water partition coefficient (Wildman–Crippen LogP) is 7.13. The maximum atomic E-state index is 11.1. The molecule has 0 atom stereocenters. The number of likely N-dealkylation sites (tertiary alicyclic amines) is 1. The van der Waals surface area contributed by atoms with Crippen molar-refractivity contribution < 1.29 is 9.90 Å². The molecule has 6 aromatic rings. The standard InChI is InChI=1S/C40H39N7O2/c41-37-33(7-4-20-42-37)38-44-35-15-14-34(29-5-2-1-3-6-29)43-39(35)47(38)31-11-8-28(9-12-31)26-45-21-16-40(17-22-45)18-23-46(24-19-40)32-13-10-30(27-48)36(49)25-32/h1-15,20,25,27,49H,16-19,21-24,26H2,(H2,41,42). The van der Waals surface area contributed by atoms with Gasteiger partial charge in [0.1, 0.15) is 17.1 Å². The van der Waals surface area contributed by atoms with Gasteiger partial charge < -0.3 is 15.7 Å². The third kappa shape index (κ3) is 6.02. The van der Waals surface area contributed by atoms with Crippen LogP contribution < -0.4 is 10.6 Å². The smallest absolute Gasteiger partial charge is 0.165 e. The Labute approximate surface area is 285 Å². The second-order valence-electron chi connectivity index (χ2n) is 13.4. The van der Waals surface area contributed by atoms with Crippen LogP contribution >= 0.6 is 0 Å². The highest BCUT2D eigenvalue weighted by Crippen LogP contribution is 2.43. The summed E-state index contributed by atoms with van der Waals surface area (Å²) in [6.45, 7) is 5.02. The molecule has 2 fully saturated rings. The molecule has 3 N–H and O–H groups in total. The van der Waals surface area contributed by atoms with E-state index in [-0.39, 0.29) is 5.75 Å². The molecule has 2 aliphatic rings. The largest absolute Gasteiger partial charge is 0.507 e. The van der Waals surface area contributed by atoms with Gasteiger partial charge in [-0.2, -0.15) is 0 Å². The average Bonchev–Trinajstić information content (AvgIpc) is 3.52. The Bertz CT molecular complexity index is 2110. The van der Waals surface area contributed by atoms with Crippen molar-refractivity contribution in [2.24, 2.45) is 5.41 Å². The Kier molecular flexibility index (Phi) is 8.05. The SMILES string of the molecule is Nc1ncccc1-c1nc2ccc(-c3ccccc3)nc2n1-c1ccc(CN2CCC3(CC2)CCN(c2ccc(C=O)c(O)c2)CC3)cc1. The van der Waals surface area contributed by atoms with Gasteiger partial charge in [0, 0.05) is 48.8 Å². The van der Waals surface area contributed by atoms with E-state index in [0.717, 1.165) is 84.9 Å². The molecule has 2 aliphatic heterocycles. The molecule has 5 heterocycles. The number of pyridine rings is 2. The third-order valence-electron chi connectivity index (χ3n) is 10.5. The molecule has 3 aromatic carbocycles. The number of aldehydes is 1. The van der Waals surface area contributed by atoms with E-state index >= 15 is 0 Å². The van der Waals surface area contributed by atoms with Crippen molar-refractivity contribution in [2.75, 3.05) is 36.8 Å². The van der Waals surface area contributed by atoms with Crippen molar-refractivity contribution in [3.05, 3.63) is 114 Å². The van der Waals surface area contributed by atoms with Crippen molar-refractivity contribution in [3.63, 3.8) is 0 Å². The quantitative estimate of drug-likeness (QED) is 0.176. The second kappa shape index (κ2) is 12.8.